The van der Waals surface area contributed by atoms with Gasteiger partial charge < -0.3 is 14.2 Å². The van der Waals surface area contributed by atoms with Gasteiger partial charge in [0.2, 0.25) is 5.90 Å². The molecule has 5 nitrogen and oxygen atoms in total. The normalized spacial score (nSPS) is 15.2. The van der Waals surface area contributed by atoms with Crippen LogP contribution in [0.2, 0.25) is 0 Å². The highest BCUT2D eigenvalue weighted by Crippen LogP contribution is 2.28. The van der Waals surface area contributed by atoms with Gasteiger partial charge in [-0.2, -0.15) is 0 Å². The Morgan fingerprint density at radius 1 is 1.12 bits per heavy atom. The first-order chi connectivity index (χ1) is 11.6. The van der Waals surface area contributed by atoms with E-state index in [-0.39, 0.29) is 11.6 Å². The number of nitrogens with zero attached hydrogens (tertiary/aromatic N) is 1. The van der Waals surface area contributed by atoms with E-state index in [0.717, 1.165) is 0 Å². The Morgan fingerprint density at radius 2 is 1.96 bits per heavy atom. The van der Waals surface area contributed by atoms with E-state index in [9.17, 15) is 9.18 Å². The highest BCUT2D eigenvalue weighted by molar-refractivity contribution is 6.12. The van der Waals surface area contributed by atoms with Crippen LogP contribution < -0.4 is 9.47 Å². The number of carbonyl (C=O) groups excluding carboxylic acids is 1. The van der Waals surface area contributed by atoms with Crippen molar-refractivity contribution in [2.75, 3.05) is 14.2 Å². The minimum absolute atomic E-state index is 0.0626. The van der Waals surface area contributed by atoms with Crippen molar-refractivity contribution in [3.05, 3.63) is 65.1 Å². The number of rotatable bonds is 4. The number of halogens is 1. The van der Waals surface area contributed by atoms with Gasteiger partial charge in [-0.3, -0.25) is 0 Å². The fourth-order valence-corrected chi connectivity index (χ4v) is 2.25. The molecule has 0 aromatic heterocycles. The summed E-state index contributed by atoms with van der Waals surface area (Å²) in [5.41, 5.74) is 1.11. The maximum Gasteiger partial charge on any atom is 0.363 e. The molecule has 24 heavy (non-hydrogen) atoms. The van der Waals surface area contributed by atoms with Crippen molar-refractivity contribution >= 4 is 17.9 Å². The third kappa shape index (κ3) is 3.12. The highest BCUT2D eigenvalue weighted by atomic mass is 19.1. The standard InChI is InChI=1S/C18H14FNO4/c1-22-14-6-7-16(23-2)12(9-14)10-15-18(21)24-17(20-15)11-4-3-5-13(19)8-11/h3-10H,1-2H3/b15-10+. The summed E-state index contributed by atoms with van der Waals surface area (Å²) in [6.07, 6.45) is 1.54. The monoisotopic (exact) mass is 327 g/mol. The lowest BCUT2D eigenvalue weighted by Crippen LogP contribution is -2.05. The molecule has 2 aromatic carbocycles. The van der Waals surface area contributed by atoms with Crippen molar-refractivity contribution in [2.45, 2.75) is 0 Å². The molecule has 0 bridgehead atoms. The summed E-state index contributed by atoms with van der Waals surface area (Å²) in [5.74, 6) is 0.193. The lowest BCUT2D eigenvalue weighted by molar-refractivity contribution is -0.129. The Bertz CT molecular complexity index is 858. The smallest absolute Gasteiger partial charge is 0.363 e. The molecule has 2 aromatic rings. The third-order valence-electron chi connectivity index (χ3n) is 3.42. The second-order valence-electron chi connectivity index (χ2n) is 4.95. The molecule has 0 radical (unpaired) electrons. The third-order valence-corrected chi connectivity index (χ3v) is 3.42. The van der Waals surface area contributed by atoms with Crippen LogP contribution >= 0.6 is 0 Å². The molecule has 3 rings (SSSR count). The lowest BCUT2D eigenvalue weighted by atomic mass is 10.1. The van der Waals surface area contributed by atoms with Crippen LogP contribution in [0, 0.1) is 5.82 Å². The van der Waals surface area contributed by atoms with E-state index in [1.165, 1.54) is 31.4 Å². The molecule has 122 valence electrons. The minimum Gasteiger partial charge on any atom is -0.497 e. The van der Waals surface area contributed by atoms with Gasteiger partial charge in [0.1, 0.15) is 17.3 Å². The van der Waals surface area contributed by atoms with Crippen LogP contribution in [0.15, 0.2) is 53.2 Å². The molecule has 0 N–H and O–H groups in total. The number of methoxy groups -OCH3 is 2. The highest BCUT2D eigenvalue weighted by Gasteiger charge is 2.24. The Morgan fingerprint density at radius 3 is 2.67 bits per heavy atom. The van der Waals surface area contributed by atoms with E-state index in [2.05, 4.69) is 4.99 Å². The van der Waals surface area contributed by atoms with Crippen LogP contribution in [0.25, 0.3) is 6.08 Å². The van der Waals surface area contributed by atoms with Gasteiger partial charge in [-0.25, -0.2) is 14.2 Å². The van der Waals surface area contributed by atoms with Crippen molar-refractivity contribution in [2.24, 2.45) is 4.99 Å². The summed E-state index contributed by atoms with van der Waals surface area (Å²) < 4.78 is 28.9. The van der Waals surface area contributed by atoms with Crippen molar-refractivity contribution in [3.63, 3.8) is 0 Å². The number of ether oxygens (including phenoxy) is 3. The average Bonchev–Trinajstić information content (AvgIpc) is 2.95. The van der Waals surface area contributed by atoms with Gasteiger partial charge >= 0.3 is 5.97 Å². The van der Waals surface area contributed by atoms with Crippen LogP contribution in [0.1, 0.15) is 11.1 Å². The van der Waals surface area contributed by atoms with Gasteiger partial charge in [0.05, 0.1) is 14.2 Å². The predicted molar refractivity (Wildman–Crippen MR) is 86.6 cm³/mol. The fraction of sp³-hybridized carbons (Fsp3) is 0.111. The van der Waals surface area contributed by atoms with Crippen molar-refractivity contribution < 1.29 is 23.4 Å². The van der Waals surface area contributed by atoms with Gasteiger partial charge in [0.25, 0.3) is 0 Å². The minimum atomic E-state index is -0.612. The maximum atomic E-state index is 13.3. The van der Waals surface area contributed by atoms with Gasteiger partial charge in [-0.15, -0.1) is 0 Å². The van der Waals surface area contributed by atoms with E-state index < -0.39 is 11.8 Å². The number of cyclic esters (lactones) is 1. The molecule has 0 aliphatic carbocycles. The Balaban J connectivity index is 2.00. The van der Waals surface area contributed by atoms with E-state index in [1.807, 2.05) is 0 Å². The molecular weight excluding hydrogens is 313 g/mol. The number of aliphatic imine (C=N–C) groups is 1. The van der Waals surface area contributed by atoms with E-state index >= 15 is 0 Å². The Labute approximate surface area is 138 Å². The molecule has 1 heterocycles. The molecule has 0 saturated heterocycles. The van der Waals surface area contributed by atoms with Gasteiger partial charge in [-0.05, 0) is 42.5 Å². The molecule has 0 saturated carbocycles. The molecular formula is C18H14FNO4. The summed E-state index contributed by atoms with van der Waals surface area (Å²) in [7, 11) is 3.07. The van der Waals surface area contributed by atoms with Crippen LogP contribution in [0.5, 0.6) is 11.5 Å². The zero-order valence-electron chi connectivity index (χ0n) is 13.1. The second-order valence-corrected chi connectivity index (χ2v) is 4.95. The van der Waals surface area contributed by atoms with Gasteiger partial charge in [0.15, 0.2) is 5.70 Å². The van der Waals surface area contributed by atoms with Gasteiger partial charge in [0, 0.05) is 11.1 Å². The molecule has 0 spiro atoms. The van der Waals surface area contributed by atoms with Crippen LogP contribution in [0.4, 0.5) is 4.39 Å². The van der Waals surface area contributed by atoms with Gasteiger partial charge in [-0.1, -0.05) is 6.07 Å². The summed E-state index contributed by atoms with van der Waals surface area (Å²) in [6, 6.07) is 10.9. The van der Waals surface area contributed by atoms with Crippen LogP contribution in [-0.2, 0) is 9.53 Å². The maximum absolute atomic E-state index is 13.3. The van der Waals surface area contributed by atoms with E-state index in [4.69, 9.17) is 14.2 Å². The molecule has 1 aliphatic rings. The largest absolute Gasteiger partial charge is 0.497 e. The van der Waals surface area contributed by atoms with Crippen molar-refractivity contribution in [1.29, 1.82) is 0 Å². The number of esters is 1. The zero-order valence-corrected chi connectivity index (χ0v) is 13.1. The first kappa shape index (κ1) is 15.7. The fourth-order valence-electron chi connectivity index (χ4n) is 2.25. The summed E-state index contributed by atoms with van der Waals surface area (Å²) in [6.45, 7) is 0. The lowest BCUT2D eigenvalue weighted by Gasteiger charge is -2.07. The first-order valence-corrected chi connectivity index (χ1v) is 7.11. The molecule has 1 aliphatic heterocycles. The topological polar surface area (TPSA) is 57.1 Å². The number of carbonyl (C=O) groups is 1. The summed E-state index contributed by atoms with van der Waals surface area (Å²) in [4.78, 5) is 16.2. The SMILES string of the molecule is COc1ccc(OC)c(/C=C2/N=C(c3cccc(F)c3)OC2=O)c1. The Kier molecular flexibility index (Phi) is 4.29. The molecule has 0 fully saturated rings. The Hall–Kier alpha value is -3.15. The average molecular weight is 327 g/mol. The molecule has 6 heteroatoms. The molecule has 0 amide bonds. The van der Waals surface area contributed by atoms with Crippen LogP contribution in [-0.4, -0.2) is 26.1 Å². The van der Waals surface area contributed by atoms with E-state index in [1.54, 1.807) is 31.4 Å². The summed E-state index contributed by atoms with van der Waals surface area (Å²) in [5, 5.41) is 0. The molecule has 0 atom stereocenters. The number of hydrogen-bond acceptors (Lipinski definition) is 5. The van der Waals surface area contributed by atoms with Crippen molar-refractivity contribution in [3.8, 4) is 11.5 Å². The predicted octanol–water partition coefficient (Wildman–Crippen LogP) is 3.19. The van der Waals surface area contributed by atoms with Crippen LogP contribution in [0.3, 0.4) is 0 Å². The molecule has 0 unspecified atom stereocenters. The first-order valence-electron chi connectivity index (χ1n) is 7.11. The number of hydrogen-bond donors (Lipinski definition) is 0. The quantitative estimate of drug-likeness (QED) is 0.639. The van der Waals surface area contributed by atoms with Crippen molar-refractivity contribution in [1.82, 2.24) is 0 Å². The second kappa shape index (κ2) is 6.54. The zero-order chi connectivity index (χ0) is 17.1. The van der Waals surface area contributed by atoms with E-state index in [0.29, 0.717) is 22.6 Å². The summed E-state index contributed by atoms with van der Waals surface area (Å²) >= 11 is 0. The number of benzene rings is 2.